The van der Waals surface area contributed by atoms with Gasteiger partial charge in [0.15, 0.2) is 0 Å². The number of rotatable bonds is 1. The molecule has 0 atom stereocenters. The molecule has 1 heterocycles. The van der Waals surface area contributed by atoms with Gasteiger partial charge in [0.1, 0.15) is 0 Å². The van der Waals surface area contributed by atoms with E-state index in [2.05, 4.69) is 28.0 Å². The second-order valence-electron chi connectivity index (χ2n) is 2.32. The topological polar surface area (TPSA) is 17.8 Å². The summed E-state index contributed by atoms with van der Waals surface area (Å²) in [6.07, 6.45) is 1.03. The molecule has 0 aliphatic rings. The van der Waals surface area contributed by atoms with Crippen LogP contribution < -0.4 is 0 Å². The van der Waals surface area contributed by atoms with Crippen molar-refractivity contribution in [1.29, 1.82) is 0 Å². The third-order valence-electron chi connectivity index (χ3n) is 1.60. The van der Waals surface area contributed by atoms with Crippen LogP contribution in [0.4, 0.5) is 0 Å². The Kier molecular flexibility index (Phi) is 2.14. The van der Waals surface area contributed by atoms with E-state index < -0.39 is 0 Å². The van der Waals surface area contributed by atoms with E-state index in [1.807, 2.05) is 18.7 Å². The molecule has 0 spiro atoms. The second-order valence-corrected chi connectivity index (χ2v) is 3.12. The average molecular weight is 203 g/mol. The highest BCUT2D eigenvalue weighted by Gasteiger charge is 2.06. The molecule has 0 fully saturated rings. The molecule has 1 aromatic rings. The summed E-state index contributed by atoms with van der Waals surface area (Å²) in [5.41, 5.74) is 2.33. The normalized spacial score (nSPS) is 10.4. The van der Waals surface area contributed by atoms with Crippen LogP contribution in [0.1, 0.15) is 18.3 Å². The molecule has 0 saturated carbocycles. The van der Waals surface area contributed by atoms with Gasteiger partial charge in [-0.25, -0.2) is 0 Å². The van der Waals surface area contributed by atoms with Crippen LogP contribution in [0.2, 0.25) is 0 Å². The Bertz CT molecular complexity index is 240. The molecule has 0 N–H and O–H groups in total. The maximum atomic E-state index is 4.25. The molecule has 2 nitrogen and oxygen atoms in total. The number of halogens is 1. The summed E-state index contributed by atoms with van der Waals surface area (Å²) in [6, 6.07) is 0. The molecule has 0 saturated heterocycles. The fraction of sp³-hybridized carbons (Fsp3) is 0.571. The molecule has 0 amide bonds. The predicted octanol–water partition coefficient (Wildman–Crippen LogP) is 2.05. The number of aryl methyl sites for hydroxylation is 2. The molecule has 0 bridgehead atoms. The Morgan fingerprint density at radius 3 is 2.40 bits per heavy atom. The smallest absolute Gasteiger partial charge is 0.0738 e. The van der Waals surface area contributed by atoms with E-state index in [0.29, 0.717) is 0 Å². The van der Waals surface area contributed by atoms with Crippen molar-refractivity contribution in [2.75, 3.05) is 0 Å². The minimum absolute atomic E-state index is 1.03. The van der Waals surface area contributed by atoms with E-state index in [1.54, 1.807) is 0 Å². The molecule has 0 radical (unpaired) electrons. The molecular weight excluding hydrogens is 192 g/mol. The van der Waals surface area contributed by atoms with Crippen molar-refractivity contribution in [3.8, 4) is 0 Å². The van der Waals surface area contributed by atoms with Gasteiger partial charge in [-0.05, 0) is 29.3 Å². The lowest BCUT2D eigenvalue weighted by molar-refractivity contribution is 0.710. The van der Waals surface area contributed by atoms with Gasteiger partial charge in [-0.15, -0.1) is 0 Å². The van der Waals surface area contributed by atoms with Gasteiger partial charge in [-0.3, -0.25) is 4.68 Å². The van der Waals surface area contributed by atoms with Gasteiger partial charge in [0.05, 0.1) is 15.9 Å². The Morgan fingerprint density at radius 2 is 2.20 bits per heavy atom. The van der Waals surface area contributed by atoms with Crippen molar-refractivity contribution in [1.82, 2.24) is 9.78 Å². The standard InChI is InChI=1S/C7H11BrN2/c1-4-6-7(8)5(2)9-10(6)3/h4H2,1-3H3. The van der Waals surface area contributed by atoms with Gasteiger partial charge in [-0.1, -0.05) is 6.92 Å². The van der Waals surface area contributed by atoms with Crippen molar-refractivity contribution in [3.05, 3.63) is 15.9 Å². The Morgan fingerprint density at radius 1 is 1.60 bits per heavy atom. The van der Waals surface area contributed by atoms with Gasteiger partial charge >= 0.3 is 0 Å². The lowest BCUT2D eigenvalue weighted by atomic mass is 10.3. The van der Waals surface area contributed by atoms with E-state index in [9.17, 15) is 0 Å². The van der Waals surface area contributed by atoms with Gasteiger partial charge in [0, 0.05) is 7.05 Å². The minimum atomic E-state index is 1.03. The summed E-state index contributed by atoms with van der Waals surface area (Å²) in [5.74, 6) is 0. The zero-order chi connectivity index (χ0) is 7.72. The van der Waals surface area contributed by atoms with Crippen molar-refractivity contribution in [2.45, 2.75) is 20.3 Å². The van der Waals surface area contributed by atoms with E-state index in [0.717, 1.165) is 16.6 Å². The molecule has 56 valence electrons. The number of nitrogens with zero attached hydrogens (tertiary/aromatic N) is 2. The summed E-state index contributed by atoms with van der Waals surface area (Å²) in [6.45, 7) is 4.13. The fourth-order valence-corrected chi connectivity index (χ4v) is 1.68. The summed E-state index contributed by atoms with van der Waals surface area (Å²) >= 11 is 3.48. The van der Waals surface area contributed by atoms with Crippen LogP contribution >= 0.6 is 15.9 Å². The monoisotopic (exact) mass is 202 g/mol. The first-order chi connectivity index (χ1) is 4.66. The maximum Gasteiger partial charge on any atom is 0.0738 e. The average Bonchev–Trinajstić information content (AvgIpc) is 2.09. The van der Waals surface area contributed by atoms with Crippen LogP contribution in [0, 0.1) is 6.92 Å². The van der Waals surface area contributed by atoms with Crippen LogP contribution in [-0.2, 0) is 13.5 Å². The molecule has 0 unspecified atom stereocenters. The van der Waals surface area contributed by atoms with E-state index in [-0.39, 0.29) is 0 Å². The molecule has 3 heteroatoms. The third kappa shape index (κ3) is 1.10. The zero-order valence-corrected chi connectivity index (χ0v) is 8.07. The summed E-state index contributed by atoms with van der Waals surface area (Å²) < 4.78 is 3.07. The molecular formula is C7H11BrN2. The molecule has 0 aromatic carbocycles. The SMILES string of the molecule is CCc1c(Br)c(C)nn1C. The van der Waals surface area contributed by atoms with Crippen LogP contribution in [0.3, 0.4) is 0 Å². The largest absolute Gasteiger partial charge is 0.271 e. The first-order valence-corrected chi connectivity index (χ1v) is 4.14. The Labute approximate surface area is 69.4 Å². The lowest BCUT2D eigenvalue weighted by Crippen LogP contribution is -1.95. The van der Waals surface area contributed by atoms with Crippen molar-refractivity contribution >= 4 is 15.9 Å². The highest BCUT2D eigenvalue weighted by Crippen LogP contribution is 2.19. The van der Waals surface area contributed by atoms with Gasteiger partial charge in [0.25, 0.3) is 0 Å². The number of aromatic nitrogens is 2. The molecule has 10 heavy (non-hydrogen) atoms. The van der Waals surface area contributed by atoms with Crippen molar-refractivity contribution in [2.24, 2.45) is 7.05 Å². The molecule has 1 aromatic heterocycles. The van der Waals surface area contributed by atoms with Crippen molar-refractivity contribution < 1.29 is 0 Å². The molecule has 1 rings (SSSR count). The quantitative estimate of drug-likeness (QED) is 0.682. The first kappa shape index (κ1) is 7.79. The maximum absolute atomic E-state index is 4.25. The molecule has 0 aliphatic heterocycles. The van der Waals surface area contributed by atoms with Crippen LogP contribution in [0.5, 0.6) is 0 Å². The third-order valence-corrected chi connectivity index (χ3v) is 2.63. The zero-order valence-electron chi connectivity index (χ0n) is 6.48. The van der Waals surface area contributed by atoms with E-state index >= 15 is 0 Å². The van der Waals surface area contributed by atoms with Gasteiger partial charge in [-0.2, -0.15) is 5.10 Å². The summed E-state index contributed by atoms with van der Waals surface area (Å²) in [4.78, 5) is 0. The number of hydrogen-bond acceptors (Lipinski definition) is 1. The predicted molar refractivity (Wildman–Crippen MR) is 45.0 cm³/mol. The molecule has 0 aliphatic carbocycles. The minimum Gasteiger partial charge on any atom is -0.271 e. The summed E-state index contributed by atoms with van der Waals surface area (Å²) in [5, 5.41) is 4.25. The van der Waals surface area contributed by atoms with Gasteiger partial charge < -0.3 is 0 Å². The highest BCUT2D eigenvalue weighted by molar-refractivity contribution is 9.10. The fourth-order valence-electron chi connectivity index (χ4n) is 1.06. The van der Waals surface area contributed by atoms with Crippen LogP contribution in [-0.4, -0.2) is 9.78 Å². The number of hydrogen-bond donors (Lipinski definition) is 0. The lowest BCUT2D eigenvalue weighted by Gasteiger charge is -1.95. The summed E-state index contributed by atoms with van der Waals surface area (Å²) in [7, 11) is 1.97. The first-order valence-electron chi connectivity index (χ1n) is 3.34. The Hall–Kier alpha value is -0.310. The van der Waals surface area contributed by atoms with Gasteiger partial charge in [0.2, 0.25) is 0 Å². The van der Waals surface area contributed by atoms with E-state index in [1.165, 1.54) is 5.69 Å². The Balaban J connectivity index is 3.20. The van der Waals surface area contributed by atoms with Crippen molar-refractivity contribution in [3.63, 3.8) is 0 Å². The second kappa shape index (κ2) is 2.74. The van der Waals surface area contributed by atoms with E-state index in [4.69, 9.17) is 0 Å². The van der Waals surface area contributed by atoms with Crippen LogP contribution in [0.15, 0.2) is 4.47 Å². The highest BCUT2D eigenvalue weighted by atomic mass is 79.9. The van der Waals surface area contributed by atoms with Crippen LogP contribution in [0.25, 0.3) is 0 Å².